The molecule has 3 nitrogen and oxygen atoms in total. The van der Waals surface area contributed by atoms with Crippen molar-refractivity contribution in [3.63, 3.8) is 0 Å². The molecule has 3 unspecified atom stereocenters. The van der Waals surface area contributed by atoms with Crippen molar-refractivity contribution < 1.29 is 0 Å². The molecule has 118 valence electrons. The largest absolute Gasteiger partial charge is 0.326 e. The molecular formula is C18H31N3. The van der Waals surface area contributed by atoms with Crippen LogP contribution in [0.2, 0.25) is 0 Å². The predicted molar refractivity (Wildman–Crippen MR) is 90.5 cm³/mol. The minimum atomic E-state index is 0.154. The number of piperazine rings is 1. The molecule has 0 spiro atoms. The van der Waals surface area contributed by atoms with E-state index in [9.17, 15) is 0 Å². The van der Waals surface area contributed by atoms with E-state index in [0.717, 1.165) is 26.2 Å². The Morgan fingerprint density at radius 2 is 1.62 bits per heavy atom. The molecular weight excluding hydrogens is 258 g/mol. The standard InChI is InChI=1S/C18H31N3/c1-5-15(3)20-10-12-21(13-11-20)18(16(4)19)17-9-7-6-8-14(17)2/h6-9,15-16,18H,5,10-13,19H2,1-4H3. The molecule has 1 aliphatic heterocycles. The smallest absolute Gasteiger partial charge is 0.0500 e. The number of nitrogens with zero attached hydrogens (tertiary/aromatic N) is 2. The Morgan fingerprint density at radius 3 is 2.14 bits per heavy atom. The summed E-state index contributed by atoms with van der Waals surface area (Å²) in [5.74, 6) is 0. The van der Waals surface area contributed by atoms with Crippen molar-refractivity contribution in [1.29, 1.82) is 0 Å². The van der Waals surface area contributed by atoms with E-state index in [2.05, 4.69) is 61.8 Å². The summed E-state index contributed by atoms with van der Waals surface area (Å²) in [4.78, 5) is 5.18. The third kappa shape index (κ3) is 3.85. The number of hydrogen-bond donors (Lipinski definition) is 1. The lowest BCUT2D eigenvalue weighted by Crippen LogP contribution is -2.52. The van der Waals surface area contributed by atoms with Crippen LogP contribution in [0.3, 0.4) is 0 Å². The molecule has 1 aliphatic rings. The van der Waals surface area contributed by atoms with Crippen molar-refractivity contribution in [2.45, 2.75) is 52.2 Å². The van der Waals surface area contributed by atoms with Crippen LogP contribution in [0, 0.1) is 6.92 Å². The molecule has 0 bridgehead atoms. The molecule has 0 aliphatic carbocycles. The average molecular weight is 289 g/mol. The van der Waals surface area contributed by atoms with E-state index in [1.165, 1.54) is 17.5 Å². The minimum Gasteiger partial charge on any atom is -0.326 e. The molecule has 2 rings (SSSR count). The van der Waals surface area contributed by atoms with Gasteiger partial charge in [-0.1, -0.05) is 31.2 Å². The number of hydrogen-bond acceptors (Lipinski definition) is 3. The predicted octanol–water partition coefficient (Wildman–Crippen LogP) is 2.80. The lowest BCUT2D eigenvalue weighted by atomic mass is 9.94. The first-order valence-electron chi connectivity index (χ1n) is 8.33. The maximum Gasteiger partial charge on any atom is 0.0500 e. The Kier molecular flexibility index (Phi) is 5.80. The van der Waals surface area contributed by atoms with Crippen molar-refractivity contribution >= 4 is 0 Å². The zero-order valence-corrected chi connectivity index (χ0v) is 14.0. The monoisotopic (exact) mass is 289 g/mol. The van der Waals surface area contributed by atoms with Crippen LogP contribution in [0.25, 0.3) is 0 Å². The molecule has 1 fully saturated rings. The van der Waals surface area contributed by atoms with Crippen LogP contribution in [0.5, 0.6) is 0 Å². The van der Waals surface area contributed by atoms with Crippen molar-refractivity contribution in [3.05, 3.63) is 35.4 Å². The molecule has 21 heavy (non-hydrogen) atoms. The quantitative estimate of drug-likeness (QED) is 0.904. The summed E-state index contributed by atoms with van der Waals surface area (Å²) in [6.45, 7) is 13.5. The van der Waals surface area contributed by atoms with Gasteiger partial charge >= 0.3 is 0 Å². The maximum absolute atomic E-state index is 6.33. The van der Waals surface area contributed by atoms with Crippen LogP contribution in [0.1, 0.15) is 44.4 Å². The number of nitrogens with two attached hydrogens (primary N) is 1. The van der Waals surface area contributed by atoms with Gasteiger partial charge < -0.3 is 5.73 Å². The SMILES string of the molecule is CCC(C)N1CCN(C(c2ccccc2C)C(C)N)CC1. The molecule has 3 atom stereocenters. The average Bonchev–Trinajstić information content (AvgIpc) is 2.49. The van der Waals surface area contributed by atoms with E-state index in [0.29, 0.717) is 12.1 Å². The van der Waals surface area contributed by atoms with E-state index in [1.54, 1.807) is 0 Å². The Hall–Kier alpha value is -0.900. The second kappa shape index (κ2) is 7.39. The Balaban J connectivity index is 2.10. The van der Waals surface area contributed by atoms with Crippen molar-refractivity contribution in [3.8, 4) is 0 Å². The van der Waals surface area contributed by atoms with Crippen molar-refractivity contribution in [1.82, 2.24) is 9.80 Å². The lowest BCUT2D eigenvalue weighted by molar-refractivity contribution is 0.0651. The van der Waals surface area contributed by atoms with Gasteiger partial charge in [0, 0.05) is 44.3 Å². The number of rotatable bonds is 5. The first-order chi connectivity index (χ1) is 10.0. The van der Waals surface area contributed by atoms with Gasteiger partial charge in [0.2, 0.25) is 0 Å². The van der Waals surface area contributed by atoms with Crippen molar-refractivity contribution in [2.75, 3.05) is 26.2 Å². The summed E-state index contributed by atoms with van der Waals surface area (Å²) >= 11 is 0. The second-order valence-electron chi connectivity index (χ2n) is 6.49. The molecule has 2 N–H and O–H groups in total. The topological polar surface area (TPSA) is 32.5 Å². The van der Waals surface area contributed by atoms with Gasteiger partial charge in [0.1, 0.15) is 0 Å². The van der Waals surface area contributed by atoms with Crippen LogP contribution >= 0.6 is 0 Å². The first-order valence-corrected chi connectivity index (χ1v) is 8.33. The summed E-state index contributed by atoms with van der Waals surface area (Å²) in [5.41, 5.74) is 9.08. The van der Waals surface area contributed by atoms with Crippen LogP contribution in [-0.2, 0) is 0 Å². The summed E-state index contributed by atoms with van der Waals surface area (Å²) < 4.78 is 0. The highest BCUT2D eigenvalue weighted by molar-refractivity contribution is 5.30. The van der Waals surface area contributed by atoms with Gasteiger partial charge in [0.05, 0.1) is 0 Å². The van der Waals surface area contributed by atoms with Gasteiger partial charge in [0.25, 0.3) is 0 Å². The van der Waals surface area contributed by atoms with E-state index >= 15 is 0 Å². The minimum absolute atomic E-state index is 0.154. The van der Waals surface area contributed by atoms with E-state index in [1.807, 2.05) is 0 Å². The second-order valence-corrected chi connectivity index (χ2v) is 6.49. The maximum atomic E-state index is 6.33. The third-order valence-electron chi connectivity index (χ3n) is 4.96. The van der Waals surface area contributed by atoms with Gasteiger partial charge in [-0.25, -0.2) is 0 Å². The Labute approximate surface area is 130 Å². The molecule has 1 saturated heterocycles. The zero-order chi connectivity index (χ0) is 15.4. The zero-order valence-electron chi connectivity index (χ0n) is 14.0. The van der Waals surface area contributed by atoms with E-state index in [-0.39, 0.29) is 6.04 Å². The molecule has 1 aromatic carbocycles. The summed E-state index contributed by atoms with van der Waals surface area (Å²) in [6.07, 6.45) is 1.23. The molecule has 0 amide bonds. The highest BCUT2D eigenvalue weighted by Gasteiger charge is 2.29. The Morgan fingerprint density at radius 1 is 1.05 bits per heavy atom. The van der Waals surface area contributed by atoms with Crippen LogP contribution in [0.15, 0.2) is 24.3 Å². The van der Waals surface area contributed by atoms with Crippen LogP contribution < -0.4 is 5.73 Å². The summed E-state index contributed by atoms with van der Waals surface area (Å²) in [6, 6.07) is 9.86. The highest BCUT2D eigenvalue weighted by atomic mass is 15.3. The summed E-state index contributed by atoms with van der Waals surface area (Å²) in [5, 5.41) is 0. The molecule has 1 aromatic rings. The molecule has 0 aromatic heterocycles. The number of aryl methyl sites for hydroxylation is 1. The summed E-state index contributed by atoms with van der Waals surface area (Å²) in [7, 11) is 0. The fourth-order valence-corrected chi connectivity index (χ4v) is 3.45. The van der Waals surface area contributed by atoms with Crippen molar-refractivity contribution in [2.24, 2.45) is 5.73 Å². The fraction of sp³-hybridized carbons (Fsp3) is 0.667. The van der Waals surface area contributed by atoms with E-state index in [4.69, 9.17) is 5.73 Å². The first kappa shape index (κ1) is 16.5. The van der Waals surface area contributed by atoms with Gasteiger partial charge in [0.15, 0.2) is 0 Å². The normalized spacial score (nSPS) is 22.0. The molecule has 0 saturated carbocycles. The van der Waals surface area contributed by atoms with Crippen LogP contribution in [-0.4, -0.2) is 48.1 Å². The van der Waals surface area contributed by atoms with Gasteiger partial charge in [-0.05, 0) is 38.3 Å². The Bertz CT molecular complexity index is 436. The third-order valence-corrected chi connectivity index (χ3v) is 4.96. The molecule has 0 radical (unpaired) electrons. The number of benzene rings is 1. The van der Waals surface area contributed by atoms with Gasteiger partial charge in [-0.15, -0.1) is 0 Å². The fourth-order valence-electron chi connectivity index (χ4n) is 3.45. The van der Waals surface area contributed by atoms with Gasteiger partial charge in [-0.2, -0.15) is 0 Å². The molecule has 1 heterocycles. The van der Waals surface area contributed by atoms with E-state index < -0.39 is 0 Å². The van der Waals surface area contributed by atoms with Gasteiger partial charge in [-0.3, -0.25) is 9.80 Å². The highest BCUT2D eigenvalue weighted by Crippen LogP contribution is 2.27. The molecule has 3 heteroatoms. The van der Waals surface area contributed by atoms with Crippen LogP contribution in [0.4, 0.5) is 0 Å². The lowest BCUT2D eigenvalue weighted by Gasteiger charge is -2.43.